The molecule has 0 aromatic rings. The molecule has 0 radical (unpaired) electrons. The van der Waals surface area contributed by atoms with E-state index in [4.69, 9.17) is 3.80 Å². The van der Waals surface area contributed by atoms with E-state index in [1.54, 1.807) is 11.1 Å². The molecule has 0 saturated heterocycles. The zero-order valence-corrected chi connectivity index (χ0v) is 10.9. The van der Waals surface area contributed by atoms with Gasteiger partial charge in [0, 0.05) is 0 Å². The summed E-state index contributed by atoms with van der Waals surface area (Å²) in [5.41, 5.74) is 4.66. The Morgan fingerprint density at radius 2 is 1.50 bits per heavy atom. The summed E-state index contributed by atoms with van der Waals surface area (Å²) in [6, 6.07) is 0. The maximum atomic E-state index is 8.28. The van der Waals surface area contributed by atoms with Gasteiger partial charge in [0.15, 0.2) is 0 Å². The molecule has 0 aromatic heterocycles. The minimum atomic E-state index is 0.611. The predicted molar refractivity (Wildman–Crippen MR) is 63.0 cm³/mol. The van der Waals surface area contributed by atoms with Crippen LogP contribution in [0.4, 0.5) is 0 Å². The Morgan fingerprint density at radius 3 is 1.93 bits per heavy atom. The van der Waals surface area contributed by atoms with Crippen molar-refractivity contribution in [1.29, 1.82) is 0 Å². The molecule has 1 rings (SSSR count). The molecule has 1 aliphatic carbocycles. The third kappa shape index (κ3) is 3.74. The number of hydrogen-bond acceptors (Lipinski definition) is 1. The first-order chi connectivity index (χ1) is 6.81. The summed E-state index contributed by atoms with van der Waals surface area (Å²) < 4.78 is 8.28. The van der Waals surface area contributed by atoms with Crippen LogP contribution >= 0.6 is 0 Å². The topological polar surface area (TPSA) is 17.1 Å². The summed E-state index contributed by atoms with van der Waals surface area (Å²) >= 11 is 0.611. The normalized spacial score (nSPS) is 24.9. The first-order valence-corrected chi connectivity index (χ1v) is 5.63. The van der Waals surface area contributed by atoms with Crippen LogP contribution < -0.4 is 0 Å². The Hall–Kier alpha value is -0.448. The van der Waals surface area contributed by atoms with Crippen LogP contribution in [0.3, 0.4) is 0 Å². The van der Waals surface area contributed by atoms with Crippen LogP contribution in [-0.4, -0.2) is 16.2 Å². The van der Waals surface area contributed by atoms with Gasteiger partial charge < -0.3 is 0 Å². The molecule has 14 heavy (non-hydrogen) atoms. The fourth-order valence-electron chi connectivity index (χ4n) is 1.77. The molecule has 0 amide bonds. The van der Waals surface area contributed by atoms with Crippen LogP contribution in [0.5, 0.6) is 0 Å². The van der Waals surface area contributed by atoms with Gasteiger partial charge in [-0.05, 0) is 51.2 Å². The van der Waals surface area contributed by atoms with Crippen molar-refractivity contribution in [2.75, 3.05) is 0 Å². The number of allylic oxidation sites excluding steroid dienone is 6. The van der Waals surface area contributed by atoms with E-state index in [1.165, 1.54) is 24.8 Å². The Bertz CT molecular complexity index is 261. The summed E-state index contributed by atoms with van der Waals surface area (Å²) in [7, 11) is 0. The SMILES string of the molecule is CC=C1CCC(=CC)C(=CC)C1.[O]=[AlH]. The predicted octanol–water partition coefficient (Wildman–Crippen LogP) is 3.24. The van der Waals surface area contributed by atoms with Gasteiger partial charge in [0.05, 0.1) is 0 Å². The van der Waals surface area contributed by atoms with Crippen LogP contribution in [-0.2, 0) is 3.80 Å². The van der Waals surface area contributed by atoms with Crippen molar-refractivity contribution >= 4 is 16.2 Å². The molecule has 0 aliphatic heterocycles. The third-order valence-electron chi connectivity index (χ3n) is 2.65. The second kappa shape index (κ2) is 7.91. The van der Waals surface area contributed by atoms with Gasteiger partial charge in [-0.2, -0.15) is 0 Å². The van der Waals surface area contributed by atoms with Gasteiger partial charge in [-0.15, -0.1) is 0 Å². The molecule has 2 heteroatoms. The number of hydrogen-bond donors (Lipinski definition) is 0. The summed E-state index contributed by atoms with van der Waals surface area (Å²) in [6.07, 6.45) is 10.4. The van der Waals surface area contributed by atoms with Crippen LogP contribution in [0.25, 0.3) is 0 Å². The van der Waals surface area contributed by atoms with E-state index in [1.807, 2.05) is 0 Å². The van der Waals surface area contributed by atoms with Crippen molar-refractivity contribution in [2.45, 2.75) is 40.0 Å². The van der Waals surface area contributed by atoms with Crippen molar-refractivity contribution in [3.05, 3.63) is 34.9 Å². The third-order valence-corrected chi connectivity index (χ3v) is 2.65. The van der Waals surface area contributed by atoms with Gasteiger partial charge in [0.1, 0.15) is 0 Å². The van der Waals surface area contributed by atoms with Gasteiger partial charge >= 0.3 is 20.0 Å². The fraction of sp³-hybridized carbons (Fsp3) is 0.500. The van der Waals surface area contributed by atoms with E-state index >= 15 is 0 Å². The molecular weight excluding hydrogens is 187 g/mol. The quantitative estimate of drug-likeness (QED) is 0.439. The first-order valence-electron chi connectivity index (χ1n) is 5.05. The van der Waals surface area contributed by atoms with E-state index in [-0.39, 0.29) is 0 Å². The monoisotopic (exact) mass is 206 g/mol. The van der Waals surface area contributed by atoms with Gasteiger partial charge in [-0.1, -0.05) is 23.8 Å². The van der Waals surface area contributed by atoms with Crippen LogP contribution in [0.1, 0.15) is 40.0 Å². The summed E-state index contributed by atoms with van der Waals surface area (Å²) in [5.74, 6) is 0. The van der Waals surface area contributed by atoms with Crippen molar-refractivity contribution in [3.63, 3.8) is 0 Å². The van der Waals surface area contributed by atoms with E-state index < -0.39 is 0 Å². The van der Waals surface area contributed by atoms with Gasteiger partial charge in [-0.25, -0.2) is 0 Å². The molecule has 0 N–H and O–H groups in total. The van der Waals surface area contributed by atoms with E-state index in [0.29, 0.717) is 16.2 Å². The standard InChI is InChI=1S/C12H18.Al.O.H/c1-4-10-7-8-11(5-2)12(6-3)9-10;;;/h4-6H,7-9H2,1-3H3;;;. The molecule has 0 heterocycles. The van der Waals surface area contributed by atoms with Crippen molar-refractivity contribution in [3.8, 4) is 0 Å². The molecule has 1 nitrogen and oxygen atoms in total. The molecule has 76 valence electrons. The molecule has 0 aromatic carbocycles. The van der Waals surface area contributed by atoms with Crippen molar-refractivity contribution in [2.24, 2.45) is 0 Å². The maximum absolute atomic E-state index is 8.28. The van der Waals surface area contributed by atoms with E-state index in [0.717, 1.165) is 0 Å². The van der Waals surface area contributed by atoms with Gasteiger partial charge in [0.2, 0.25) is 0 Å². The molecule has 0 spiro atoms. The average molecular weight is 206 g/mol. The van der Waals surface area contributed by atoms with Crippen LogP contribution in [0, 0.1) is 0 Å². The molecule has 1 fully saturated rings. The first kappa shape index (κ1) is 13.6. The summed E-state index contributed by atoms with van der Waals surface area (Å²) in [4.78, 5) is 0. The summed E-state index contributed by atoms with van der Waals surface area (Å²) in [6.45, 7) is 6.42. The number of rotatable bonds is 0. The Morgan fingerprint density at radius 1 is 0.929 bits per heavy atom. The Balaban J connectivity index is 0.000000791. The van der Waals surface area contributed by atoms with E-state index in [9.17, 15) is 0 Å². The molecule has 0 atom stereocenters. The molecule has 0 bridgehead atoms. The Labute approximate surface area is 95.2 Å². The van der Waals surface area contributed by atoms with Gasteiger partial charge in [-0.3, -0.25) is 0 Å². The molecule has 1 saturated carbocycles. The van der Waals surface area contributed by atoms with Crippen LogP contribution in [0.2, 0.25) is 0 Å². The van der Waals surface area contributed by atoms with Crippen molar-refractivity contribution < 1.29 is 3.80 Å². The fourth-order valence-corrected chi connectivity index (χ4v) is 1.77. The molecular formula is C12H19AlO. The zero-order chi connectivity index (χ0) is 11.0. The molecule has 0 unspecified atom stereocenters. The zero-order valence-electron chi connectivity index (χ0n) is 9.47. The second-order valence-electron chi connectivity index (χ2n) is 3.25. The van der Waals surface area contributed by atoms with Crippen molar-refractivity contribution in [1.82, 2.24) is 0 Å². The van der Waals surface area contributed by atoms with Gasteiger partial charge in [0.25, 0.3) is 0 Å². The van der Waals surface area contributed by atoms with Crippen LogP contribution in [0.15, 0.2) is 34.9 Å². The summed E-state index contributed by atoms with van der Waals surface area (Å²) in [5, 5.41) is 0. The Kier molecular flexibility index (Phi) is 7.66. The van der Waals surface area contributed by atoms with E-state index in [2.05, 4.69) is 39.0 Å². The second-order valence-corrected chi connectivity index (χ2v) is 3.25. The average Bonchev–Trinajstić information content (AvgIpc) is 2.30. The minimum absolute atomic E-state index is 0.611. The molecule has 1 aliphatic rings.